The van der Waals surface area contributed by atoms with Crippen LogP contribution in [0, 0.1) is 0 Å². The van der Waals surface area contributed by atoms with E-state index >= 15 is 0 Å². The number of rotatable bonds is 3. The summed E-state index contributed by atoms with van der Waals surface area (Å²) in [6.07, 6.45) is 1.67. The van der Waals surface area contributed by atoms with E-state index in [0.717, 1.165) is 5.69 Å². The Morgan fingerprint density at radius 1 is 1.12 bits per heavy atom. The fourth-order valence-corrected chi connectivity index (χ4v) is 1.59. The molecule has 0 bridgehead atoms. The number of nitrogens with zero attached hydrogens (tertiary/aromatic N) is 1. The predicted molar refractivity (Wildman–Crippen MR) is 63.4 cm³/mol. The van der Waals surface area contributed by atoms with Gasteiger partial charge in [0, 0.05) is 18.0 Å². The van der Waals surface area contributed by atoms with Gasteiger partial charge in [0.1, 0.15) is 0 Å². The minimum absolute atomic E-state index is 0.00995. The van der Waals surface area contributed by atoms with Crippen molar-refractivity contribution >= 4 is 5.97 Å². The van der Waals surface area contributed by atoms with Gasteiger partial charge in [0.15, 0.2) is 0 Å². The third-order valence-corrected chi connectivity index (χ3v) is 2.39. The normalized spacial score (nSPS) is 10.1. The second kappa shape index (κ2) is 4.65. The average molecular weight is 229 g/mol. The molecule has 4 nitrogen and oxygen atoms in total. The number of aliphatic carboxylic acids is 1. The number of benzene rings is 1. The zero-order valence-corrected chi connectivity index (χ0v) is 9.04. The maximum Gasteiger partial charge on any atom is 0.307 e. The fraction of sp³-hybridized carbons (Fsp3) is 0.0769. The SMILES string of the molecule is O=C(O)Cc1ccc(-n2ccccc2=O)cc1. The maximum absolute atomic E-state index is 11.6. The van der Waals surface area contributed by atoms with E-state index in [1.54, 1.807) is 42.6 Å². The highest BCUT2D eigenvalue weighted by molar-refractivity contribution is 5.70. The number of hydrogen-bond acceptors (Lipinski definition) is 2. The quantitative estimate of drug-likeness (QED) is 0.866. The Kier molecular flexibility index (Phi) is 3.05. The first-order valence-electron chi connectivity index (χ1n) is 5.15. The summed E-state index contributed by atoms with van der Waals surface area (Å²) in [4.78, 5) is 22.1. The lowest BCUT2D eigenvalue weighted by Crippen LogP contribution is -2.15. The van der Waals surface area contributed by atoms with Gasteiger partial charge in [-0.3, -0.25) is 14.2 Å². The molecule has 0 fully saturated rings. The van der Waals surface area contributed by atoms with Crippen LogP contribution in [0.2, 0.25) is 0 Å². The molecule has 0 amide bonds. The molecular formula is C13H11NO3. The van der Waals surface area contributed by atoms with Gasteiger partial charge in [-0.25, -0.2) is 0 Å². The van der Waals surface area contributed by atoms with Crippen molar-refractivity contribution in [2.75, 3.05) is 0 Å². The maximum atomic E-state index is 11.6. The Balaban J connectivity index is 2.33. The molecule has 4 heteroatoms. The molecule has 0 aliphatic heterocycles. The van der Waals surface area contributed by atoms with Crippen molar-refractivity contribution in [3.63, 3.8) is 0 Å². The van der Waals surface area contributed by atoms with E-state index in [9.17, 15) is 9.59 Å². The van der Waals surface area contributed by atoms with Gasteiger partial charge in [-0.15, -0.1) is 0 Å². The van der Waals surface area contributed by atoms with Crippen LogP contribution in [0.25, 0.3) is 5.69 Å². The molecule has 2 rings (SSSR count). The first kappa shape index (κ1) is 11.1. The molecule has 0 aliphatic rings. The van der Waals surface area contributed by atoms with Gasteiger partial charge in [-0.2, -0.15) is 0 Å². The third kappa shape index (κ3) is 2.60. The van der Waals surface area contributed by atoms with Crippen molar-refractivity contribution in [1.82, 2.24) is 4.57 Å². The smallest absolute Gasteiger partial charge is 0.307 e. The van der Waals surface area contributed by atoms with Gasteiger partial charge in [-0.05, 0) is 23.8 Å². The van der Waals surface area contributed by atoms with Crippen molar-refractivity contribution < 1.29 is 9.90 Å². The molecule has 0 atom stereocenters. The number of carboxylic acid groups (broad SMARTS) is 1. The number of carbonyl (C=O) groups is 1. The molecule has 1 heterocycles. The third-order valence-electron chi connectivity index (χ3n) is 2.39. The van der Waals surface area contributed by atoms with E-state index in [-0.39, 0.29) is 12.0 Å². The minimum atomic E-state index is -0.866. The highest BCUT2D eigenvalue weighted by Crippen LogP contribution is 2.08. The second-order valence-electron chi connectivity index (χ2n) is 3.65. The minimum Gasteiger partial charge on any atom is -0.481 e. The monoisotopic (exact) mass is 229 g/mol. The summed E-state index contributed by atoms with van der Waals surface area (Å²) in [6, 6.07) is 11.8. The number of carboxylic acids is 1. The molecular weight excluding hydrogens is 218 g/mol. The van der Waals surface area contributed by atoms with Gasteiger partial charge >= 0.3 is 5.97 Å². The Morgan fingerprint density at radius 3 is 2.41 bits per heavy atom. The summed E-state index contributed by atoms with van der Waals surface area (Å²) in [7, 11) is 0. The highest BCUT2D eigenvalue weighted by Gasteiger charge is 2.01. The van der Waals surface area contributed by atoms with E-state index < -0.39 is 5.97 Å². The van der Waals surface area contributed by atoms with Crippen LogP contribution in [0.15, 0.2) is 53.5 Å². The lowest BCUT2D eigenvalue weighted by molar-refractivity contribution is -0.136. The molecule has 1 N–H and O–H groups in total. The Morgan fingerprint density at radius 2 is 1.82 bits per heavy atom. The van der Waals surface area contributed by atoms with Crippen molar-refractivity contribution in [3.8, 4) is 5.69 Å². The zero-order valence-electron chi connectivity index (χ0n) is 9.04. The van der Waals surface area contributed by atoms with Gasteiger partial charge in [0.25, 0.3) is 5.56 Å². The molecule has 17 heavy (non-hydrogen) atoms. The summed E-state index contributed by atoms with van der Waals surface area (Å²) < 4.78 is 1.50. The number of aromatic nitrogens is 1. The van der Waals surface area contributed by atoms with Crippen LogP contribution in [0.3, 0.4) is 0 Å². The largest absolute Gasteiger partial charge is 0.481 e. The average Bonchev–Trinajstić information content (AvgIpc) is 2.30. The first-order valence-corrected chi connectivity index (χ1v) is 5.15. The predicted octanol–water partition coefficient (Wildman–Crippen LogP) is 1.46. The van der Waals surface area contributed by atoms with Crippen LogP contribution in [-0.4, -0.2) is 15.6 Å². The molecule has 1 aromatic carbocycles. The Bertz CT molecular complexity index is 584. The van der Waals surface area contributed by atoms with Crippen LogP contribution in [0.5, 0.6) is 0 Å². The number of hydrogen-bond donors (Lipinski definition) is 1. The molecule has 0 unspecified atom stereocenters. The molecule has 2 aromatic rings. The van der Waals surface area contributed by atoms with Crippen molar-refractivity contribution in [1.29, 1.82) is 0 Å². The fourth-order valence-electron chi connectivity index (χ4n) is 1.59. The van der Waals surface area contributed by atoms with E-state index in [1.165, 1.54) is 10.6 Å². The Hall–Kier alpha value is -2.36. The molecule has 0 saturated carbocycles. The molecule has 0 radical (unpaired) electrons. The Labute approximate surface area is 97.8 Å². The topological polar surface area (TPSA) is 59.3 Å². The highest BCUT2D eigenvalue weighted by atomic mass is 16.4. The molecule has 0 saturated heterocycles. The summed E-state index contributed by atoms with van der Waals surface area (Å²) >= 11 is 0. The van der Waals surface area contributed by atoms with Gasteiger partial charge < -0.3 is 5.11 Å². The van der Waals surface area contributed by atoms with Gasteiger partial charge in [-0.1, -0.05) is 18.2 Å². The van der Waals surface area contributed by atoms with Crippen molar-refractivity contribution in [3.05, 3.63) is 64.6 Å². The molecule has 86 valence electrons. The van der Waals surface area contributed by atoms with E-state index in [0.29, 0.717) is 5.56 Å². The lowest BCUT2D eigenvalue weighted by atomic mass is 10.1. The van der Waals surface area contributed by atoms with Crippen molar-refractivity contribution in [2.45, 2.75) is 6.42 Å². The van der Waals surface area contributed by atoms with Crippen LogP contribution in [0.1, 0.15) is 5.56 Å². The van der Waals surface area contributed by atoms with Crippen LogP contribution in [0.4, 0.5) is 0 Å². The van der Waals surface area contributed by atoms with Crippen LogP contribution < -0.4 is 5.56 Å². The van der Waals surface area contributed by atoms with Gasteiger partial charge in [0.05, 0.1) is 6.42 Å². The molecule has 0 aliphatic carbocycles. The summed E-state index contributed by atoms with van der Waals surface area (Å²) in [5, 5.41) is 8.64. The first-order chi connectivity index (χ1) is 8.16. The second-order valence-corrected chi connectivity index (χ2v) is 3.65. The molecule has 1 aromatic heterocycles. The van der Waals surface area contributed by atoms with Crippen LogP contribution in [-0.2, 0) is 11.2 Å². The van der Waals surface area contributed by atoms with Crippen LogP contribution >= 0.6 is 0 Å². The summed E-state index contributed by atoms with van der Waals surface area (Å²) in [6.45, 7) is 0. The number of pyridine rings is 1. The summed E-state index contributed by atoms with van der Waals surface area (Å²) in [5.74, 6) is -0.866. The van der Waals surface area contributed by atoms with Gasteiger partial charge in [0.2, 0.25) is 0 Å². The zero-order chi connectivity index (χ0) is 12.3. The van der Waals surface area contributed by atoms with E-state index in [4.69, 9.17) is 5.11 Å². The molecule has 0 spiro atoms. The summed E-state index contributed by atoms with van der Waals surface area (Å²) in [5.41, 5.74) is 1.33. The van der Waals surface area contributed by atoms with E-state index in [1.807, 2.05) is 0 Å². The van der Waals surface area contributed by atoms with E-state index in [2.05, 4.69) is 0 Å². The lowest BCUT2D eigenvalue weighted by Gasteiger charge is -2.05. The standard InChI is InChI=1S/C13H11NO3/c15-12-3-1-2-8-14(12)11-6-4-10(5-7-11)9-13(16)17/h1-8H,9H2,(H,16,17). The van der Waals surface area contributed by atoms with Crippen molar-refractivity contribution in [2.24, 2.45) is 0 Å².